The van der Waals surface area contributed by atoms with Crippen molar-refractivity contribution in [3.63, 3.8) is 0 Å². The molecule has 0 aliphatic carbocycles. The minimum absolute atomic E-state index is 0.395. The van der Waals surface area contributed by atoms with Crippen LogP contribution in [0, 0.1) is 12.0 Å². The number of imide groups is 1. The molecule has 2 N–H and O–H groups in total. The lowest BCUT2D eigenvalue weighted by Gasteiger charge is -2.18. The third-order valence-electron chi connectivity index (χ3n) is 1.71. The lowest BCUT2D eigenvalue weighted by Crippen LogP contribution is -2.43. The van der Waals surface area contributed by atoms with E-state index < -0.39 is 23.6 Å². The molecule has 0 spiro atoms. The summed E-state index contributed by atoms with van der Waals surface area (Å²) in [5.74, 6) is 0.825. The van der Waals surface area contributed by atoms with E-state index in [-0.39, 0.29) is 0 Å². The van der Waals surface area contributed by atoms with Gasteiger partial charge >= 0.3 is 0 Å². The highest BCUT2D eigenvalue weighted by atomic mass is 16.2. The molecule has 0 saturated carbocycles. The fourth-order valence-corrected chi connectivity index (χ4v) is 1.09. The summed E-state index contributed by atoms with van der Waals surface area (Å²) < 4.78 is 0. The number of Topliss-reactive ketones (excluding diaryl/α,β-unsaturated/α-hetero) is 1. The number of rotatable bonds is 2. The molecule has 5 heteroatoms. The number of nitrogens with two attached hydrogens (primary N) is 1. The van der Waals surface area contributed by atoms with Crippen LogP contribution < -0.4 is 5.73 Å². The normalized spacial score (nSPS) is 16.5. The van der Waals surface area contributed by atoms with Gasteiger partial charge in [0.1, 0.15) is 0 Å². The van der Waals surface area contributed by atoms with Gasteiger partial charge in [0, 0.05) is 18.2 Å². The Labute approximate surface area is 80.5 Å². The summed E-state index contributed by atoms with van der Waals surface area (Å²) in [6.45, 7) is 1.24. The molecule has 1 heterocycles. The first-order valence-electron chi connectivity index (χ1n) is 3.84. The highest BCUT2D eigenvalue weighted by Gasteiger charge is 2.32. The molecule has 0 saturated heterocycles. The number of hydrogen-bond donors (Lipinski definition) is 1. The van der Waals surface area contributed by atoms with Gasteiger partial charge in [0.05, 0.1) is 0 Å². The molecule has 2 amide bonds. The van der Waals surface area contributed by atoms with E-state index in [0.717, 1.165) is 17.1 Å². The number of carbonyl (C=O) groups excluding carboxylic acids is 3. The third-order valence-corrected chi connectivity index (χ3v) is 1.71. The molecule has 0 bridgehead atoms. The lowest BCUT2D eigenvalue weighted by atomic mass is 10.2. The molecule has 0 aromatic carbocycles. The Morgan fingerprint density at radius 3 is 2.29 bits per heavy atom. The molecule has 1 atom stereocenters. The fourth-order valence-electron chi connectivity index (χ4n) is 1.09. The zero-order chi connectivity index (χ0) is 10.7. The predicted molar refractivity (Wildman–Crippen MR) is 47.4 cm³/mol. The summed E-state index contributed by atoms with van der Waals surface area (Å²) in [6, 6.07) is 0.948. The standard InChI is InChI=1S/C9H8N2O3/c1-6(12)7(4-5-10)11-8(13)2-3-9(11)14/h2-3,7H,10H2,1H3/t7-/m0/s1. The van der Waals surface area contributed by atoms with Crippen LogP contribution in [0.2, 0.25) is 0 Å². The zero-order valence-corrected chi connectivity index (χ0v) is 7.48. The molecule has 5 nitrogen and oxygen atoms in total. The number of hydrogen-bond acceptors (Lipinski definition) is 4. The summed E-state index contributed by atoms with van der Waals surface area (Å²) in [5, 5.41) is 0. The maximum atomic E-state index is 11.2. The maximum Gasteiger partial charge on any atom is 0.255 e. The van der Waals surface area contributed by atoms with Gasteiger partial charge < -0.3 is 5.73 Å². The first-order valence-corrected chi connectivity index (χ1v) is 3.84. The topological polar surface area (TPSA) is 80.5 Å². The smallest absolute Gasteiger partial charge is 0.255 e. The number of amides is 2. The van der Waals surface area contributed by atoms with E-state index in [0.29, 0.717) is 0 Å². The molecule has 0 aromatic heterocycles. The number of nitrogens with zero attached hydrogens (tertiary/aromatic N) is 1. The minimum Gasteiger partial charge on any atom is -0.359 e. The Morgan fingerprint density at radius 1 is 1.43 bits per heavy atom. The molecular weight excluding hydrogens is 184 g/mol. The molecule has 72 valence electrons. The molecule has 0 aromatic rings. The van der Waals surface area contributed by atoms with Crippen LogP contribution in [-0.4, -0.2) is 28.5 Å². The van der Waals surface area contributed by atoms with Crippen molar-refractivity contribution in [2.24, 2.45) is 5.73 Å². The SMILES string of the molecule is CC(=O)[C@H](C#CN)N1C(=O)C=CC1=O. The summed E-state index contributed by atoms with van der Waals surface area (Å²) in [4.78, 5) is 34.2. The molecule has 1 aliphatic rings. The Balaban J connectivity index is 2.99. The van der Waals surface area contributed by atoms with Gasteiger partial charge in [-0.3, -0.25) is 19.3 Å². The Bertz CT molecular complexity index is 369. The first-order chi connectivity index (χ1) is 6.57. The summed E-state index contributed by atoms with van der Waals surface area (Å²) in [7, 11) is 0. The number of carbonyl (C=O) groups is 3. The van der Waals surface area contributed by atoms with Gasteiger partial charge in [-0.05, 0) is 12.8 Å². The van der Waals surface area contributed by atoms with Gasteiger partial charge in [-0.2, -0.15) is 0 Å². The summed E-state index contributed by atoms with van der Waals surface area (Å²) >= 11 is 0. The van der Waals surface area contributed by atoms with E-state index in [9.17, 15) is 14.4 Å². The summed E-state index contributed by atoms with van der Waals surface area (Å²) in [6.07, 6.45) is 2.19. The van der Waals surface area contributed by atoms with Crippen LogP contribution in [0.5, 0.6) is 0 Å². The molecule has 1 rings (SSSR count). The minimum atomic E-state index is -1.07. The monoisotopic (exact) mass is 192 g/mol. The Morgan fingerprint density at radius 2 is 1.93 bits per heavy atom. The average Bonchev–Trinajstić information content (AvgIpc) is 2.43. The van der Waals surface area contributed by atoms with Crippen molar-refractivity contribution < 1.29 is 14.4 Å². The molecular formula is C9H8N2O3. The molecule has 1 aliphatic heterocycles. The van der Waals surface area contributed by atoms with Crippen molar-refractivity contribution >= 4 is 17.6 Å². The van der Waals surface area contributed by atoms with Crippen LogP contribution >= 0.6 is 0 Å². The average molecular weight is 192 g/mol. The second-order valence-electron chi connectivity index (χ2n) is 2.68. The second kappa shape index (κ2) is 3.75. The van der Waals surface area contributed by atoms with Crippen molar-refractivity contribution in [3.05, 3.63) is 12.2 Å². The Kier molecular flexibility index (Phi) is 2.67. The highest BCUT2D eigenvalue weighted by molar-refractivity contribution is 6.15. The van der Waals surface area contributed by atoms with E-state index in [4.69, 9.17) is 5.73 Å². The van der Waals surface area contributed by atoms with Gasteiger partial charge in [-0.1, -0.05) is 0 Å². The first kappa shape index (κ1) is 9.99. The van der Waals surface area contributed by atoms with Gasteiger partial charge in [0.15, 0.2) is 11.8 Å². The van der Waals surface area contributed by atoms with Gasteiger partial charge in [-0.25, -0.2) is 0 Å². The quantitative estimate of drug-likeness (QED) is 0.338. The zero-order valence-electron chi connectivity index (χ0n) is 7.48. The van der Waals surface area contributed by atoms with Crippen LogP contribution in [0.15, 0.2) is 12.2 Å². The van der Waals surface area contributed by atoms with Crippen LogP contribution in [0.1, 0.15) is 6.92 Å². The third kappa shape index (κ3) is 1.64. The van der Waals surface area contributed by atoms with Gasteiger partial charge in [0.2, 0.25) is 0 Å². The van der Waals surface area contributed by atoms with E-state index in [2.05, 4.69) is 5.92 Å². The van der Waals surface area contributed by atoms with Crippen LogP contribution in [0.3, 0.4) is 0 Å². The largest absolute Gasteiger partial charge is 0.359 e. The van der Waals surface area contributed by atoms with Crippen LogP contribution in [0.25, 0.3) is 0 Å². The van der Waals surface area contributed by atoms with Crippen LogP contribution in [-0.2, 0) is 14.4 Å². The molecule has 14 heavy (non-hydrogen) atoms. The Hall–Kier alpha value is -2.09. The van der Waals surface area contributed by atoms with Crippen molar-refractivity contribution in [1.29, 1.82) is 0 Å². The fraction of sp³-hybridized carbons (Fsp3) is 0.222. The van der Waals surface area contributed by atoms with Crippen molar-refractivity contribution in [1.82, 2.24) is 4.90 Å². The highest BCUT2D eigenvalue weighted by Crippen LogP contribution is 2.09. The van der Waals surface area contributed by atoms with Gasteiger partial charge in [0.25, 0.3) is 11.8 Å². The van der Waals surface area contributed by atoms with E-state index >= 15 is 0 Å². The summed E-state index contributed by atoms with van der Waals surface area (Å²) in [5.41, 5.74) is 4.94. The van der Waals surface area contributed by atoms with Crippen molar-refractivity contribution in [2.75, 3.05) is 0 Å². The second-order valence-corrected chi connectivity index (χ2v) is 2.68. The van der Waals surface area contributed by atoms with Crippen molar-refractivity contribution in [3.8, 4) is 12.0 Å². The molecule has 0 radical (unpaired) electrons. The maximum absolute atomic E-state index is 11.2. The van der Waals surface area contributed by atoms with Crippen LogP contribution in [0.4, 0.5) is 0 Å². The van der Waals surface area contributed by atoms with E-state index in [1.165, 1.54) is 6.92 Å². The van der Waals surface area contributed by atoms with Gasteiger partial charge in [-0.15, -0.1) is 0 Å². The molecule has 0 fully saturated rings. The lowest BCUT2D eigenvalue weighted by molar-refractivity contribution is -0.142. The van der Waals surface area contributed by atoms with E-state index in [1.54, 1.807) is 0 Å². The molecule has 0 unspecified atom stereocenters. The van der Waals surface area contributed by atoms with Crippen molar-refractivity contribution in [2.45, 2.75) is 13.0 Å². The number of ketones is 1. The van der Waals surface area contributed by atoms with E-state index in [1.807, 2.05) is 6.04 Å². The predicted octanol–water partition coefficient (Wildman–Crippen LogP) is -1.21.